The van der Waals surface area contributed by atoms with Gasteiger partial charge >= 0.3 is 23.9 Å². The summed E-state index contributed by atoms with van der Waals surface area (Å²) in [4.78, 5) is 323. The van der Waals surface area contributed by atoms with E-state index in [1.54, 1.807) is 0 Å². The summed E-state index contributed by atoms with van der Waals surface area (Å²) in [6.45, 7) is 6.35. The number of carboxylic acids is 4. The average molecular weight is 1970 g/mol. The number of nitrogens with zero attached hydrogens (tertiary/aromatic N) is 2. The van der Waals surface area contributed by atoms with Crippen LogP contribution in [0.1, 0.15) is 143 Å². The van der Waals surface area contributed by atoms with Gasteiger partial charge in [-0.1, -0.05) is 13.8 Å². The fraction of sp³-hybridized carbons (Fsp3) is 0.597. The molecule has 2 heterocycles. The van der Waals surface area contributed by atoms with E-state index < -0.39 is 365 Å². The van der Waals surface area contributed by atoms with Crippen molar-refractivity contribution in [3.8, 4) is 0 Å². The molecule has 0 aliphatic heterocycles. The number of nitrogens with two attached hydrogens (primary N) is 6. The summed E-state index contributed by atoms with van der Waals surface area (Å²) in [6.07, 6.45) is -11.2. The number of hydrogen-bond acceptors (Lipinski definition) is 32. The van der Waals surface area contributed by atoms with E-state index in [-0.39, 0.29) is 37.3 Å². The third-order valence-corrected chi connectivity index (χ3v) is 19.8. The highest BCUT2D eigenvalue weighted by atomic mass is 16.4. The zero-order valence-corrected chi connectivity index (χ0v) is 76.0. The van der Waals surface area contributed by atoms with Gasteiger partial charge in [-0.2, -0.15) is 0 Å². The van der Waals surface area contributed by atoms with Crippen LogP contribution in [0.4, 0.5) is 0 Å². The van der Waals surface area contributed by atoms with Gasteiger partial charge in [-0.25, -0.2) is 9.97 Å². The molecule has 0 spiro atoms. The summed E-state index contributed by atoms with van der Waals surface area (Å²) >= 11 is 0. The summed E-state index contributed by atoms with van der Waals surface area (Å²) in [6, 6.07) is -32.6. The topological polar surface area (TPSA) is 1030 Å². The van der Waals surface area contributed by atoms with E-state index in [0.29, 0.717) is 0 Å². The molecule has 0 radical (unpaired) electrons. The monoisotopic (exact) mass is 1960 g/mol. The third kappa shape index (κ3) is 44.2. The second-order valence-electron chi connectivity index (χ2n) is 32.0. The quantitative estimate of drug-likeness (QED) is 0.0166. The molecule has 0 fully saturated rings. The molecule has 61 nitrogen and oxygen atoms in total. The minimum atomic E-state index is -2.40. The molecule has 19 amide bonds. The Kier molecular flexibility index (Phi) is 51.0. The van der Waals surface area contributed by atoms with Crippen LogP contribution in [0.5, 0.6) is 0 Å². The molecule has 0 aliphatic rings. The molecule has 2 aromatic rings. The van der Waals surface area contributed by atoms with E-state index in [2.05, 4.69) is 83.7 Å². The van der Waals surface area contributed by atoms with Crippen molar-refractivity contribution in [2.24, 2.45) is 40.3 Å². The summed E-state index contributed by atoms with van der Waals surface area (Å²) in [5.41, 5.74) is 33.1. The number of aliphatic hydroxyl groups excluding tert-OH is 4. The van der Waals surface area contributed by atoms with Crippen LogP contribution in [0.15, 0.2) is 25.0 Å². The lowest BCUT2D eigenvalue weighted by Crippen LogP contribution is -2.63. The van der Waals surface area contributed by atoms with Gasteiger partial charge in [0.25, 0.3) is 0 Å². The number of aromatic nitrogens is 4. The molecular formula is C77H124N30O31. The molecule has 0 unspecified atom stereocenters. The molecule has 0 saturated heterocycles. The highest BCUT2D eigenvalue weighted by Gasteiger charge is 2.42. The van der Waals surface area contributed by atoms with Crippen LogP contribution in [-0.2, 0) is 123 Å². The van der Waals surface area contributed by atoms with E-state index in [1.165, 1.54) is 33.2 Å². The first-order chi connectivity index (χ1) is 64.5. The van der Waals surface area contributed by atoms with Crippen molar-refractivity contribution in [1.82, 2.24) is 116 Å². The molecule has 2 rings (SSSR count). The molecule has 2 aromatic heterocycles. The summed E-state index contributed by atoms with van der Waals surface area (Å²) < 4.78 is 0. The van der Waals surface area contributed by atoms with Crippen LogP contribution in [0.25, 0.3) is 0 Å². The number of amides is 19. The Bertz CT molecular complexity index is 4610. The normalized spacial score (nSPS) is 15.4. The van der Waals surface area contributed by atoms with Gasteiger partial charge in [-0.05, 0) is 85.5 Å². The zero-order chi connectivity index (χ0) is 105. The number of aliphatic carboxylic acids is 4. The van der Waals surface area contributed by atoms with Crippen molar-refractivity contribution in [2.75, 3.05) is 19.7 Å². The predicted octanol–water partition coefficient (Wildman–Crippen LogP) is -16.3. The number of aliphatic hydroxyl groups is 4. The molecule has 768 valence electrons. The summed E-state index contributed by atoms with van der Waals surface area (Å²) in [5, 5.41) is 136. The van der Waals surface area contributed by atoms with Gasteiger partial charge in [0.2, 0.25) is 112 Å². The Morgan fingerprint density at radius 3 is 0.913 bits per heavy atom. The second-order valence-corrected chi connectivity index (χ2v) is 32.0. The molecule has 61 heteroatoms. The first kappa shape index (κ1) is 119. The van der Waals surface area contributed by atoms with Crippen molar-refractivity contribution in [3.05, 3.63) is 36.4 Å². The van der Waals surface area contributed by atoms with Crippen molar-refractivity contribution < 1.29 is 151 Å². The van der Waals surface area contributed by atoms with Gasteiger partial charge < -0.3 is 181 Å². The van der Waals surface area contributed by atoms with Gasteiger partial charge in [0.15, 0.2) is 11.9 Å². The molecule has 138 heavy (non-hydrogen) atoms. The fourth-order valence-corrected chi connectivity index (χ4v) is 12.4. The van der Waals surface area contributed by atoms with Gasteiger partial charge in [0.1, 0.15) is 96.7 Å². The Morgan fingerprint density at radius 1 is 0.333 bits per heavy atom. The van der Waals surface area contributed by atoms with Crippen molar-refractivity contribution in [1.29, 1.82) is 10.8 Å². The highest BCUT2D eigenvalue weighted by Crippen LogP contribution is 2.15. The van der Waals surface area contributed by atoms with E-state index in [9.17, 15) is 142 Å². The van der Waals surface area contributed by atoms with Crippen LogP contribution in [0.2, 0.25) is 0 Å². The van der Waals surface area contributed by atoms with Crippen LogP contribution in [-0.4, -0.2) is 350 Å². The van der Waals surface area contributed by atoms with Gasteiger partial charge in [0.05, 0.1) is 62.9 Å². The largest absolute Gasteiger partial charge is 0.481 e. The average Bonchev–Trinajstić information content (AvgIpc) is 0.965. The van der Waals surface area contributed by atoms with Crippen molar-refractivity contribution >= 4 is 148 Å². The minimum absolute atomic E-state index is 0.107. The summed E-state index contributed by atoms with van der Waals surface area (Å²) in [5.74, 6) is -33.6. The number of carbonyl (C=O) groups is 23. The number of imidazole rings is 2. The molecular weight excluding hydrogens is 1840 g/mol. The lowest BCUT2D eigenvalue weighted by molar-refractivity contribution is -0.143. The van der Waals surface area contributed by atoms with Crippen LogP contribution in [0.3, 0.4) is 0 Å². The van der Waals surface area contributed by atoms with Gasteiger partial charge in [0, 0.05) is 69.0 Å². The SMILES string of the molecule is CC(C)[C@H](NC(=O)[C@H](CCC(N)=O)NC(=O)[C@@H](NC(=O)[C@H](C)N)[C@@H](C)O)C(=O)N[C@@H](CCC(=O)O)C(=O)N[C@@H](CCC(N)=O)C(=O)N[C@@H](Cc1cnc[nH]1)C(=O)N[C@@H](Cc1cnc[nH]1)C(=O)N[C@@H](CCCNC(=N)N)C(=O)N[C@@H](CCCNC(=N)N)C(=O)N[C@H](C(=O)N[C@@H](CC(=O)O)C(=O)N[C@@H](CC(N)=O)C(=O)N[C@@H](CC(=O)O)C(=O)N[C@@H](CO)C(=O)N[C@H](C(=O)N[C@@H](C)C(=O)O)[C@@H](C)O)[C@@H](C)O. The predicted molar refractivity (Wildman–Crippen MR) is 470 cm³/mol. The first-order valence-electron chi connectivity index (χ1n) is 42.6. The standard InChI is InChI=1S/C77H124N30O31/c1-30(2)55(104-64(126)41(13-16-50(80)113)97-73(135)57(34(6)110)105-59(121)31(3)78)71(133)96-42(14-17-52(115)116)61(123)95-40(12-15-49(79)112)62(124)98-44(21-37-26-87-29-91-37)66(128)99-43(20-36-25-86-28-90-36)65(127)94-38(10-8-18-88-76(82)83)60(122)93-39(11-9-19-89-77(84)85)63(125)106-58(35(7)111)74(136)102-47(24-54(119)120)68(130)100-45(22-51(81)114)67(129)101-46(23-53(117)118)69(131)103-48(27-108)70(132)107-56(33(5)109)72(134)92-32(4)75(137)138/h25-26,28-35,38-48,55-58,108-111H,8-24,27,78H2,1-7H3,(H2,79,112)(H2,80,113)(H2,81,114)(H,86,90)(H,87,91)(H,92,134)(H,93,122)(H,94,127)(H,95,123)(H,96,133)(H,97,135)(H,98,124)(H,99,128)(H,100,130)(H,101,129)(H,102,136)(H,103,131)(H,104,126)(H,105,121)(H,106,125)(H,107,132)(H,115,116)(H,117,118)(H,119,120)(H,137,138)(H4,82,83,88)(H4,84,85,89)/t31-,32-,33+,34+,35+,38-,39-,40-,41-,42-,43-,44-,45-,46-,47-,48-,55-,56-,57-,58-/m0/s1. The highest BCUT2D eigenvalue weighted by molar-refractivity contribution is 6.03. The minimum Gasteiger partial charge on any atom is -0.481 e. The number of primary amides is 3. The molecule has 0 bridgehead atoms. The van der Waals surface area contributed by atoms with Crippen molar-refractivity contribution in [3.63, 3.8) is 0 Å². The van der Waals surface area contributed by atoms with Gasteiger partial charge in [-0.3, -0.25) is 121 Å². The van der Waals surface area contributed by atoms with Crippen LogP contribution in [0, 0.1) is 16.7 Å². The van der Waals surface area contributed by atoms with Crippen LogP contribution >= 0.6 is 0 Å². The molecule has 42 N–H and O–H groups in total. The molecule has 0 saturated carbocycles. The molecule has 0 aliphatic carbocycles. The molecule has 0 aromatic carbocycles. The Labute approximate surface area is 785 Å². The van der Waals surface area contributed by atoms with E-state index >= 15 is 9.59 Å². The number of nitrogens with one attached hydrogen (secondary N) is 22. The molecule has 20 atom stereocenters. The Hall–Kier alpha value is -15.4. The number of hydrogen-bond donors (Lipinski definition) is 36. The van der Waals surface area contributed by atoms with E-state index in [4.69, 9.17) is 45.2 Å². The van der Waals surface area contributed by atoms with Crippen molar-refractivity contribution in [2.45, 2.75) is 266 Å². The lowest BCUT2D eigenvalue weighted by atomic mass is 10.0. The number of carbonyl (C=O) groups excluding carboxylic acids is 19. The van der Waals surface area contributed by atoms with E-state index in [1.807, 2.05) is 31.9 Å². The first-order valence-corrected chi connectivity index (χ1v) is 42.6. The maximum absolute atomic E-state index is 15.0. The zero-order valence-electron chi connectivity index (χ0n) is 76.0. The number of rotatable bonds is 65. The number of carboxylic acid groups (broad SMARTS) is 4. The van der Waals surface area contributed by atoms with Gasteiger partial charge in [-0.15, -0.1) is 0 Å². The number of H-pyrrole nitrogens is 2. The number of guanidine groups is 2. The maximum Gasteiger partial charge on any atom is 0.325 e. The maximum atomic E-state index is 15.0. The van der Waals surface area contributed by atoms with E-state index in [0.717, 1.165) is 40.3 Å². The fourth-order valence-electron chi connectivity index (χ4n) is 12.4. The smallest absolute Gasteiger partial charge is 0.325 e. The number of aromatic amines is 2. The summed E-state index contributed by atoms with van der Waals surface area (Å²) in [7, 11) is 0. The Morgan fingerprint density at radius 2 is 0.609 bits per heavy atom. The third-order valence-electron chi connectivity index (χ3n) is 19.8. The lowest BCUT2D eigenvalue weighted by Gasteiger charge is -2.29. The van der Waals surface area contributed by atoms with Crippen LogP contribution < -0.4 is 130 Å². The Balaban J connectivity index is 2.72. The second kappa shape index (κ2) is 59.3.